The lowest BCUT2D eigenvalue weighted by molar-refractivity contribution is 0.630. The SMILES string of the molecule is Cc1cnc(Nc2ccc(C)cc2F)c(N)c1. The molecule has 2 aromatic rings. The third-order valence-corrected chi connectivity index (χ3v) is 2.43. The zero-order chi connectivity index (χ0) is 12.4. The van der Waals surface area contributed by atoms with Gasteiger partial charge in [0, 0.05) is 6.20 Å². The van der Waals surface area contributed by atoms with Crippen LogP contribution in [0.3, 0.4) is 0 Å². The fourth-order valence-electron chi connectivity index (χ4n) is 1.55. The Morgan fingerprint density at radius 3 is 2.59 bits per heavy atom. The maximum Gasteiger partial charge on any atom is 0.153 e. The number of anilines is 3. The van der Waals surface area contributed by atoms with Crippen molar-refractivity contribution in [3.63, 3.8) is 0 Å². The van der Waals surface area contributed by atoms with Crippen LogP contribution in [0.1, 0.15) is 11.1 Å². The van der Waals surface area contributed by atoms with Crippen LogP contribution in [0, 0.1) is 19.7 Å². The van der Waals surface area contributed by atoms with Crippen molar-refractivity contribution in [3.8, 4) is 0 Å². The van der Waals surface area contributed by atoms with E-state index in [4.69, 9.17) is 5.73 Å². The van der Waals surface area contributed by atoms with Gasteiger partial charge in [-0.05, 0) is 43.2 Å². The molecule has 0 aliphatic heterocycles. The van der Waals surface area contributed by atoms with Gasteiger partial charge >= 0.3 is 0 Å². The highest BCUT2D eigenvalue weighted by Crippen LogP contribution is 2.23. The van der Waals surface area contributed by atoms with Crippen molar-refractivity contribution in [1.82, 2.24) is 4.98 Å². The van der Waals surface area contributed by atoms with Gasteiger partial charge in [-0.15, -0.1) is 0 Å². The Balaban J connectivity index is 2.31. The first-order valence-corrected chi connectivity index (χ1v) is 5.31. The molecule has 0 amide bonds. The first-order chi connectivity index (χ1) is 8.06. The summed E-state index contributed by atoms with van der Waals surface area (Å²) in [5.74, 6) is 0.158. The molecule has 0 atom stereocenters. The Morgan fingerprint density at radius 1 is 1.18 bits per heavy atom. The molecule has 1 aromatic carbocycles. The molecule has 88 valence electrons. The quantitative estimate of drug-likeness (QED) is 0.834. The van der Waals surface area contributed by atoms with E-state index in [1.165, 1.54) is 6.07 Å². The van der Waals surface area contributed by atoms with Crippen LogP contribution in [-0.4, -0.2) is 4.98 Å². The average molecular weight is 231 g/mol. The molecular weight excluding hydrogens is 217 g/mol. The monoisotopic (exact) mass is 231 g/mol. The van der Waals surface area contributed by atoms with Crippen molar-refractivity contribution >= 4 is 17.2 Å². The number of aryl methyl sites for hydroxylation is 2. The Morgan fingerprint density at radius 2 is 1.94 bits per heavy atom. The van der Waals surface area contributed by atoms with Gasteiger partial charge in [-0.3, -0.25) is 0 Å². The van der Waals surface area contributed by atoms with Gasteiger partial charge in [0.25, 0.3) is 0 Å². The topological polar surface area (TPSA) is 50.9 Å². The second-order valence-electron chi connectivity index (χ2n) is 4.06. The number of aromatic nitrogens is 1. The highest BCUT2D eigenvalue weighted by molar-refractivity contribution is 5.69. The number of nitrogens with zero attached hydrogens (tertiary/aromatic N) is 1. The van der Waals surface area contributed by atoms with Gasteiger partial charge in [0.1, 0.15) is 5.82 Å². The highest BCUT2D eigenvalue weighted by Gasteiger charge is 2.05. The van der Waals surface area contributed by atoms with E-state index in [0.29, 0.717) is 17.2 Å². The number of nitrogens with two attached hydrogens (primary N) is 1. The first kappa shape index (κ1) is 11.4. The van der Waals surface area contributed by atoms with Crippen molar-refractivity contribution < 1.29 is 4.39 Å². The minimum atomic E-state index is -0.313. The minimum absolute atomic E-state index is 0.313. The molecule has 0 fully saturated rings. The molecule has 0 unspecified atom stereocenters. The molecule has 1 heterocycles. The number of hydrogen-bond donors (Lipinski definition) is 2. The molecule has 3 N–H and O–H groups in total. The summed E-state index contributed by atoms with van der Waals surface area (Å²) < 4.78 is 13.6. The van der Waals surface area contributed by atoms with E-state index in [9.17, 15) is 4.39 Å². The number of rotatable bonds is 2. The number of hydrogen-bond acceptors (Lipinski definition) is 3. The molecule has 0 aliphatic rings. The van der Waals surface area contributed by atoms with E-state index in [1.807, 2.05) is 19.9 Å². The molecule has 0 saturated heterocycles. The van der Waals surface area contributed by atoms with E-state index in [-0.39, 0.29) is 5.82 Å². The number of nitrogens with one attached hydrogen (secondary N) is 1. The average Bonchev–Trinajstić information content (AvgIpc) is 2.25. The van der Waals surface area contributed by atoms with E-state index in [1.54, 1.807) is 18.3 Å². The molecule has 1 aromatic heterocycles. The van der Waals surface area contributed by atoms with Crippen LogP contribution < -0.4 is 11.1 Å². The van der Waals surface area contributed by atoms with Crippen LogP contribution in [0.2, 0.25) is 0 Å². The standard InChI is InChI=1S/C13H14FN3/c1-8-3-4-12(10(14)5-8)17-13-11(15)6-9(2)7-16-13/h3-7H,15H2,1-2H3,(H,16,17). The molecule has 0 bridgehead atoms. The molecule has 2 rings (SSSR count). The molecular formula is C13H14FN3. The molecule has 0 radical (unpaired) electrons. The summed E-state index contributed by atoms with van der Waals surface area (Å²) in [6, 6.07) is 6.76. The predicted molar refractivity (Wildman–Crippen MR) is 67.8 cm³/mol. The fraction of sp³-hybridized carbons (Fsp3) is 0.154. The van der Waals surface area contributed by atoms with Gasteiger partial charge in [-0.2, -0.15) is 0 Å². The molecule has 17 heavy (non-hydrogen) atoms. The summed E-state index contributed by atoms with van der Waals surface area (Å²) in [5, 5.41) is 2.88. The number of nitrogen functional groups attached to an aromatic ring is 1. The lowest BCUT2D eigenvalue weighted by Gasteiger charge is -2.10. The van der Waals surface area contributed by atoms with Crippen molar-refractivity contribution in [3.05, 3.63) is 47.4 Å². The molecule has 3 nitrogen and oxygen atoms in total. The summed E-state index contributed by atoms with van der Waals surface area (Å²) in [5.41, 5.74) is 8.52. The number of benzene rings is 1. The Hall–Kier alpha value is -2.10. The highest BCUT2D eigenvalue weighted by atomic mass is 19.1. The fourth-order valence-corrected chi connectivity index (χ4v) is 1.55. The third kappa shape index (κ3) is 2.53. The van der Waals surface area contributed by atoms with Gasteiger partial charge < -0.3 is 11.1 Å². The summed E-state index contributed by atoms with van der Waals surface area (Å²) in [6.07, 6.45) is 1.69. The van der Waals surface area contributed by atoms with Crippen molar-refractivity contribution in [1.29, 1.82) is 0 Å². The molecule has 0 aliphatic carbocycles. The maximum absolute atomic E-state index is 13.6. The maximum atomic E-state index is 13.6. The molecule has 0 saturated carbocycles. The summed E-state index contributed by atoms with van der Waals surface area (Å²) >= 11 is 0. The minimum Gasteiger partial charge on any atom is -0.396 e. The van der Waals surface area contributed by atoms with Gasteiger partial charge in [-0.1, -0.05) is 6.07 Å². The molecule has 4 heteroatoms. The van der Waals surface area contributed by atoms with Gasteiger partial charge in [0.15, 0.2) is 5.82 Å². The van der Waals surface area contributed by atoms with Crippen LogP contribution in [-0.2, 0) is 0 Å². The van der Waals surface area contributed by atoms with Gasteiger partial charge in [-0.25, -0.2) is 9.37 Å². The smallest absolute Gasteiger partial charge is 0.153 e. The zero-order valence-electron chi connectivity index (χ0n) is 9.79. The second kappa shape index (κ2) is 4.41. The third-order valence-electron chi connectivity index (χ3n) is 2.43. The van der Waals surface area contributed by atoms with Crippen LogP contribution in [0.4, 0.5) is 21.6 Å². The van der Waals surface area contributed by atoms with E-state index in [0.717, 1.165) is 11.1 Å². The van der Waals surface area contributed by atoms with Crippen LogP contribution in [0.15, 0.2) is 30.5 Å². The van der Waals surface area contributed by atoms with Gasteiger partial charge in [0.2, 0.25) is 0 Å². The summed E-state index contributed by atoms with van der Waals surface area (Å²) in [6.45, 7) is 3.74. The van der Waals surface area contributed by atoms with E-state index in [2.05, 4.69) is 10.3 Å². The summed E-state index contributed by atoms with van der Waals surface area (Å²) in [7, 11) is 0. The predicted octanol–water partition coefficient (Wildman–Crippen LogP) is 3.16. The second-order valence-corrected chi connectivity index (χ2v) is 4.06. The summed E-state index contributed by atoms with van der Waals surface area (Å²) in [4.78, 5) is 4.13. The largest absolute Gasteiger partial charge is 0.396 e. The van der Waals surface area contributed by atoms with Crippen LogP contribution in [0.25, 0.3) is 0 Å². The van der Waals surface area contributed by atoms with Crippen molar-refractivity contribution in [2.45, 2.75) is 13.8 Å². The van der Waals surface area contributed by atoms with Crippen molar-refractivity contribution in [2.24, 2.45) is 0 Å². The molecule has 0 spiro atoms. The zero-order valence-corrected chi connectivity index (χ0v) is 9.79. The number of halogens is 1. The normalized spacial score (nSPS) is 10.3. The van der Waals surface area contributed by atoms with Crippen LogP contribution >= 0.6 is 0 Å². The van der Waals surface area contributed by atoms with Crippen molar-refractivity contribution in [2.75, 3.05) is 11.1 Å². The Bertz CT molecular complexity index is 503. The number of pyridine rings is 1. The first-order valence-electron chi connectivity index (χ1n) is 5.31. The van der Waals surface area contributed by atoms with Gasteiger partial charge in [0.05, 0.1) is 11.4 Å². The van der Waals surface area contributed by atoms with Crippen LogP contribution in [0.5, 0.6) is 0 Å². The van der Waals surface area contributed by atoms with E-state index < -0.39 is 0 Å². The lowest BCUT2D eigenvalue weighted by Crippen LogP contribution is -2.01. The Kier molecular flexibility index (Phi) is 2.95. The van der Waals surface area contributed by atoms with E-state index >= 15 is 0 Å². The Labute approximate surface area is 99.5 Å². The lowest BCUT2D eigenvalue weighted by atomic mass is 10.2.